The second-order valence-electron chi connectivity index (χ2n) is 3.05. The maximum Gasteiger partial charge on any atom is 0.128 e. The van der Waals surface area contributed by atoms with E-state index >= 15 is 0 Å². The van der Waals surface area contributed by atoms with Crippen LogP contribution in [-0.4, -0.2) is 23.0 Å². The Morgan fingerprint density at radius 2 is 2.62 bits per heavy atom. The Bertz CT molecular complexity index is 296. The smallest absolute Gasteiger partial charge is 0.128 e. The molecule has 2 heterocycles. The van der Waals surface area contributed by atoms with Gasteiger partial charge in [0.05, 0.1) is 24.2 Å². The molecule has 13 heavy (non-hydrogen) atoms. The van der Waals surface area contributed by atoms with Crippen LogP contribution in [0.25, 0.3) is 0 Å². The highest BCUT2D eigenvalue weighted by molar-refractivity contribution is 9.10. The molecule has 0 amide bonds. The highest BCUT2D eigenvalue weighted by Gasteiger charge is 2.20. The van der Waals surface area contributed by atoms with Crippen LogP contribution in [0.5, 0.6) is 0 Å². The van der Waals surface area contributed by atoms with Crippen molar-refractivity contribution in [2.24, 2.45) is 0 Å². The van der Waals surface area contributed by atoms with Crippen molar-refractivity contribution in [3.8, 4) is 0 Å². The summed E-state index contributed by atoms with van der Waals surface area (Å²) in [5.41, 5.74) is 1.05. The molecule has 1 aliphatic heterocycles. The minimum Gasteiger partial charge on any atom is -0.379 e. The summed E-state index contributed by atoms with van der Waals surface area (Å²) in [4.78, 5) is 0. The van der Waals surface area contributed by atoms with E-state index in [4.69, 9.17) is 16.3 Å². The van der Waals surface area contributed by atoms with Crippen molar-refractivity contribution in [3.63, 3.8) is 0 Å². The van der Waals surface area contributed by atoms with Crippen LogP contribution in [0, 0.1) is 0 Å². The van der Waals surface area contributed by atoms with Crippen molar-refractivity contribution < 1.29 is 4.74 Å². The summed E-state index contributed by atoms with van der Waals surface area (Å²) >= 11 is 9.14. The van der Waals surface area contributed by atoms with E-state index in [1.54, 1.807) is 0 Å². The van der Waals surface area contributed by atoms with Crippen LogP contribution in [0.4, 0.5) is 0 Å². The molecule has 5 heteroatoms. The third kappa shape index (κ3) is 1.90. The molecule has 1 aromatic heterocycles. The number of rotatable bonds is 2. The van der Waals surface area contributed by atoms with Gasteiger partial charge in [-0.2, -0.15) is 5.10 Å². The van der Waals surface area contributed by atoms with Crippen molar-refractivity contribution in [2.75, 3.05) is 13.2 Å². The normalized spacial score (nSPS) is 22.5. The van der Waals surface area contributed by atoms with Crippen LogP contribution in [0.2, 0.25) is 0 Å². The second-order valence-corrected chi connectivity index (χ2v) is 4.13. The molecule has 0 bridgehead atoms. The van der Waals surface area contributed by atoms with Gasteiger partial charge in [0.15, 0.2) is 0 Å². The highest BCUT2D eigenvalue weighted by atomic mass is 79.9. The Kier molecular flexibility index (Phi) is 2.91. The van der Waals surface area contributed by atoms with E-state index in [0.717, 1.165) is 29.9 Å². The molecular weight excluding hydrogens is 255 g/mol. The van der Waals surface area contributed by atoms with Crippen LogP contribution in [0.1, 0.15) is 18.2 Å². The Morgan fingerprint density at radius 3 is 3.23 bits per heavy atom. The van der Waals surface area contributed by atoms with Gasteiger partial charge >= 0.3 is 0 Å². The number of hydrogen-bond donors (Lipinski definition) is 0. The van der Waals surface area contributed by atoms with Gasteiger partial charge in [0.25, 0.3) is 0 Å². The first-order chi connectivity index (χ1) is 6.31. The first-order valence-electron chi connectivity index (χ1n) is 4.19. The fraction of sp³-hybridized carbons (Fsp3) is 0.625. The molecule has 1 saturated heterocycles. The first kappa shape index (κ1) is 9.49. The van der Waals surface area contributed by atoms with Crippen LogP contribution < -0.4 is 0 Å². The maximum atomic E-state index is 5.80. The molecule has 0 spiro atoms. The van der Waals surface area contributed by atoms with Gasteiger partial charge in [0, 0.05) is 6.61 Å². The zero-order valence-corrected chi connectivity index (χ0v) is 9.38. The summed E-state index contributed by atoms with van der Waals surface area (Å²) in [7, 11) is 0. The molecule has 0 N–H and O–H groups in total. The van der Waals surface area contributed by atoms with Crippen molar-refractivity contribution >= 4 is 27.5 Å². The average molecular weight is 266 g/mol. The molecule has 0 radical (unpaired) electrons. The average Bonchev–Trinajstić information content (AvgIpc) is 2.71. The SMILES string of the molecule is ClCc1cc(Br)nn1C1CCOC1. The van der Waals surface area contributed by atoms with Gasteiger partial charge in [-0.25, -0.2) is 0 Å². The summed E-state index contributed by atoms with van der Waals surface area (Å²) in [6.07, 6.45) is 1.03. The number of hydrogen-bond acceptors (Lipinski definition) is 2. The summed E-state index contributed by atoms with van der Waals surface area (Å²) in [6.45, 7) is 1.57. The van der Waals surface area contributed by atoms with Gasteiger partial charge in [0.1, 0.15) is 4.60 Å². The molecular formula is C8H10BrClN2O. The Hall–Kier alpha value is -0.0600. The summed E-state index contributed by atoms with van der Waals surface area (Å²) in [5.74, 6) is 0.495. The molecule has 1 unspecified atom stereocenters. The molecule has 3 nitrogen and oxygen atoms in total. The van der Waals surface area contributed by atoms with E-state index in [1.165, 1.54) is 0 Å². The number of nitrogens with zero attached hydrogens (tertiary/aromatic N) is 2. The maximum absolute atomic E-state index is 5.80. The molecule has 1 atom stereocenters. The predicted octanol–water partition coefficient (Wildman–Crippen LogP) is 2.35. The number of aromatic nitrogens is 2. The van der Waals surface area contributed by atoms with Crippen molar-refractivity contribution in [3.05, 3.63) is 16.4 Å². The van der Waals surface area contributed by atoms with Crippen LogP contribution in [-0.2, 0) is 10.6 Å². The van der Waals surface area contributed by atoms with Gasteiger partial charge in [-0.15, -0.1) is 11.6 Å². The zero-order valence-electron chi connectivity index (χ0n) is 7.04. The van der Waals surface area contributed by atoms with E-state index in [2.05, 4.69) is 21.0 Å². The predicted molar refractivity (Wildman–Crippen MR) is 54.0 cm³/mol. The van der Waals surface area contributed by atoms with E-state index in [1.807, 2.05) is 10.7 Å². The molecule has 1 fully saturated rings. The molecule has 72 valence electrons. The molecule has 2 rings (SSSR count). The number of halogens is 2. The summed E-state index contributed by atoms with van der Waals surface area (Å²) < 4.78 is 8.11. The lowest BCUT2D eigenvalue weighted by atomic mass is 10.2. The van der Waals surface area contributed by atoms with E-state index in [-0.39, 0.29) is 0 Å². The zero-order chi connectivity index (χ0) is 9.26. The number of ether oxygens (including phenoxy) is 1. The van der Waals surface area contributed by atoms with Crippen LogP contribution in [0.15, 0.2) is 10.7 Å². The molecule has 1 aromatic rings. The molecule has 0 aliphatic carbocycles. The van der Waals surface area contributed by atoms with Gasteiger partial charge in [-0.1, -0.05) is 0 Å². The molecule has 0 saturated carbocycles. The van der Waals surface area contributed by atoms with Crippen molar-refractivity contribution in [2.45, 2.75) is 18.3 Å². The lowest BCUT2D eigenvalue weighted by Crippen LogP contribution is -2.12. The first-order valence-corrected chi connectivity index (χ1v) is 5.51. The standard InChI is InChI=1S/C8H10BrClN2O/c9-8-3-7(4-10)12(11-8)6-1-2-13-5-6/h3,6H,1-2,4-5H2. The Labute approximate surface area is 90.1 Å². The van der Waals surface area contributed by atoms with Gasteiger partial charge < -0.3 is 4.74 Å². The summed E-state index contributed by atoms with van der Waals surface area (Å²) in [6, 6.07) is 2.31. The Balaban J connectivity index is 2.26. The quantitative estimate of drug-likeness (QED) is 0.768. The fourth-order valence-electron chi connectivity index (χ4n) is 1.53. The molecule has 1 aliphatic rings. The third-order valence-electron chi connectivity index (χ3n) is 2.17. The lowest BCUT2D eigenvalue weighted by Gasteiger charge is -2.10. The number of alkyl halides is 1. The highest BCUT2D eigenvalue weighted by Crippen LogP contribution is 2.23. The second kappa shape index (κ2) is 3.98. The van der Waals surface area contributed by atoms with Gasteiger partial charge in [0.2, 0.25) is 0 Å². The van der Waals surface area contributed by atoms with E-state index < -0.39 is 0 Å². The van der Waals surface area contributed by atoms with E-state index in [9.17, 15) is 0 Å². The van der Waals surface area contributed by atoms with Crippen molar-refractivity contribution in [1.82, 2.24) is 9.78 Å². The monoisotopic (exact) mass is 264 g/mol. The third-order valence-corrected chi connectivity index (χ3v) is 2.83. The van der Waals surface area contributed by atoms with Crippen LogP contribution >= 0.6 is 27.5 Å². The minimum absolute atomic E-state index is 0.361. The fourth-order valence-corrected chi connectivity index (χ4v) is 2.17. The van der Waals surface area contributed by atoms with Crippen molar-refractivity contribution in [1.29, 1.82) is 0 Å². The minimum atomic E-state index is 0.361. The largest absolute Gasteiger partial charge is 0.379 e. The van der Waals surface area contributed by atoms with E-state index in [0.29, 0.717) is 11.9 Å². The van der Waals surface area contributed by atoms with Crippen LogP contribution in [0.3, 0.4) is 0 Å². The lowest BCUT2D eigenvalue weighted by molar-refractivity contribution is 0.184. The summed E-state index contributed by atoms with van der Waals surface area (Å²) in [5, 5.41) is 4.33. The topological polar surface area (TPSA) is 27.1 Å². The van der Waals surface area contributed by atoms with Gasteiger partial charge in [-0.05, 0) is 28.4 Å². The Morgan fingerprint density at radius 1 is 1.77 bits per heavy atom. The molecule has 0 aromatic carbocycles. The van der Waals surface area contributed by atoms with Gasteiger partial charge in [-0.3, -0.25) is 4.68 Å².